The van der Waals surface area contributed by atoms with E-state index < -0.39 is 51.6 Å². The average molecular weight is 511 g/mol. The molecule has 34 heavy (non-hydrogen) atoms. The summed E-state index contributed by atoms with van der Waals surface area (Å²) in [5, 5.41) is 0. The molecule has 2 rings (SSSR count). The number of nitrogens with one attached hydrogen (secondary N) is 1. The highest BCUT2D eigenvalue weighted by atomic mass is 32.2. The maximum Gasteiger partial charge on any atom is 0.416 e. The first-order valence-corrected chi connectivity index (χ1v) is 11.2. The Labute approximate surface area is 191 Å². The zero-order valence-corrected chi connectivity index (χ0v) is 18.8. The van der Waals surface area contributed by atoms with Crippen LogP contribution in [0.2, 0.25) is 0 Å². The summed E-state index contributed by atoms with van der Waals surface area (Å²) in [7, 11) is -2.52. The van der Waals surface area contributed by atoms with Crippen molar-refractivity contribution in [2.24, 2.45) is 0 Å². The van der Waals surface area contributed by atoms with Crippen molar-refractivity contribution in [3.63, 3.8) is 0 Å². The molecule has 1 N–H and O–H groups in total. The third-order valence-electron chi connectivity index (χ3n) is 4.33. The molecular formula is C21H19F6NO5S. The van der Waals surface area contributed by atoms with Gasteiger partial charge in [-0.25, -0.2) is 13.1 Å². The molecule has 0 spiro atoms. The minimum absolute atomic E-state index is 0.00841. The van der Waals surface area contributed by atoms with E-state index in [9.17, 15) is 39.6 Å². The zero-order chi connectivity index (χ0) is 25.9. The highest BCUT2D eigenvalue weighted by Crippen LogP contribution is 2.38. The minimum Gasteiger partial charge on any atom is -0.493 e. The van der Waals surface area contributed by atoms with Crippen LogP contribution in [0.1, 0.15) is 29.2 Å². The lowest BCUT2D eigenvalue weighted by atomic mass is 10.0. The average Bonchev–Trinajstić information content (AvgIpc) is 2.69. The molecule has 186 valence electrons. The van der Waals surface area contributed by atoms with E-state index in [1.165, 1.54) is 38.3 Å². The van der Waals surface area contributed by atoms with Gasteiger partial charge in [-0.2, -0.15) is 26.3 Å². The van der Waals surface area contributed by atoms with E-state index >= 15 is 0 Å². The first-order valence-electron chi connectivity index (χ1n) is 9.30. The standard InChI is InChI=1S/C21H19F6NO5S/c1-12(19(29)28-34(3,30)31)8-13-4-7-17(18(9-13)32-2)33-11-14-5-6-15(20(22,23)24)10-16(14)21(25,26)27/h4-10H,11H2,1-3H3,(H,28,29). The third kappa shape index (κ3) is 7.40. The van der Waals surface area contributed by atoms with Crippen LogP contribution in [0.4, 0.5) is 26.3 Å². The first kappa shape index (κ1) is 27.0. The van der Waals surface area contributed by atoms with Gasteiger partial charge in [0.2, 0.25) is 10.0 Å². The van der Waals surface area contributed by atoms with Crippen LogP contribution in [0, 0.1) is 0 Å². The highest BCUT2D eigenvalue weighted by molar-refractivity contribution is 7.89. The summed E-state index contributed by atoms with van der Waals surface area (Å²) in [6, 6.07) is 5.37. The number of sulfonamides is 1. The van der Waals surface area contributed by atoms with Gasteiger partial charge in [0.05, 0.1) is 24.5 Å². The van der Waals surface area contributed by atoms with Gasteiger partial charge in [0.25, 0.3) is 5.91 Å². The summed E-state index contributed by atoms with van der Waals surface area (Å²) in [6.45, 7) is 0.662. The number of methoxy groups -OCH3 is 1. The molecule has 0 radical (unpaired) electrons. The SMILES string of the molecule is COc1cc(C=C(C)C(=O)NS(C)(=O)=O)ccc1OCc1ccc(C(F)(F)F)cc1C(F)(F)F. The number of amides is 1. The van der Waals surface area contributed by atoms with Crippen molar-refractivity contribution < 1.29 is 49.0 Å². The molecule has 0 atom stereocenters. The lowest BCUT2D eigenvalue weighted by Crippen LogP contribution is -2.29. The number of ether oxygens (including phenoxy) is 2. The van der Waals surface area contributed by atoms with E-state index in [1.54, 1.807) is 4.72 Å². The molecule has 0 saturated carbocycles. The Kier molecular flexibility index (Phi) is 7.91. The lowest BCUT2D eigenvalue weighted by Gasteiger charge is -2.17. The van der Waals surface area contributed by atoms with Crippen molar-refractivity contribution >= 4 is 22.0 Å². The molecule has 1 amide bonds. The molecule has 2 aromatic carbocycles. The number of rotatable bonds is 7. The molecule has 0 bridgehead atoms. The Bertz CT molecular complexity index is 1200. The van der Waals surface area contributed by atoms with Crippen LogP contribution in [-0.2, 0) is 33.8 Å². The Morgan fingerprint density at radius 3 is 2.18 bits per heavy atom. The summed E-state index contributed by atoms with van der Waals surface area (Å²) in [5.41, 5.74) is -3.00. The largest absolute Gasteiger partial charge is 0.493 e. The summed E-state index contributed by atoms with van der Waals surface area (Å²) in [5.74, 6) is -0.805. The molecule has 0 aromatic heterocycles. The number of halogens is 6. The maximum atomic E-state index is 13.3. The van der Waals surface area contributed by atoms with E-state index in [2.05, 4.69) is 0 Å². The minimum atomic E-state index is -5.04. The Balaban J connectivity index is 2.29. The van der Waals surface area contributed by atoms with Gasteiger partial charge in [-0.15, -0.1) is 0 Å². The fourth-order valence-corrected chi connectivity index (χ4v) is 3.25. The van der Waals surface area contributed by atoms with E-state index in [-0.39, 0.29) is 23.1 Å². The fraction of sp³-hybridized carbons (Fsp3) is 0.286. The van der Waals surface area contributed by atoms with Crippen molar-refractivity contribution in [3.05, 3.63) is 64.2 Å². The van der Waals surface area contributed by atoms with Crippen LogP contribution in [0.25, 0.3) is 6.08 Å². The predicted octanol–water partition coefficient (Wildman–Crippen LogP) is 4.79. The van der Waals surface area contributed by atoms with Crippen LogP contribution in [-0.4, -0.2) is 27.7 Å². The number of hydrogen-bond acceptors (Lipinski definition) is 5. The van der Waals surface area contributed by atoms with Crippen molar-refractivity contribution in [2.75, 3.05) is 13.4 Å². The molecule has 0 saturated heterocycles. The molecule has 2 aromatic rings. The Morgan fingerprint density at radius 2 is 1.65 bits per heavy atom. The van der Waals surface area contributed by atoms with Gasteiger partial charge in [-0.05, 0) is 42.8 Å². The van der Waals surface area contributed by atoms with Crippen LogP contribution >= 0.6 is 0 Å². The zero-order valence-electron chi connectivity index (χ0n) is 18.0. The molecule has 0 heterocycles. The monoisotopic (exact) mass is 511 g/mol. The molecule has 13 heteroatoms. The normalized spacial score (nSPS) is 12.9. The van der Waals surface area contributed by atoms with Crippen LogP contribution in [0.15, 0.2) is 42.0 Å². The number of benzene rings is 2. The van der Waals surface area contributed by atoms with Crippen molar-refractivity contribution in [1.29, 1.82) is 0 Å². The third-order valence-corrected chi connectivity index (χ3v) is 4.89. The van der Waals surface area contributed by atoms with Gasteiger partial charge in [-0.3, -0.25) is 4.79 Å². The maximum absolute atomic E-state index is 13.3. The van der Waals surface area contributed by atoms with E-state index in [0.717, 1.165) is 6.26 Å². The molecule has 0 aliphatic rings. The van der Waals surface area contributed by atoms with Crippen molar-refractivity contribution in [2.45, 2.75) is 25.9 Å². The molecule has 0 aliphatic heterocycles. The lowest BCUT2D eigenvalue weighted by molar-refractivity contribution is -0.143. The quantitative estimate of drug-likeness (QED) is 0.427. The highest BCUT2D eigenvalue weighted by Gasteiger charge is 2.38. The van der Waals surface area contributed by atoms with E-state index in [4.69, 9.17) is 9.47 Å². The van der Waals surface area contributed by atoms with Crippen molar-refractivity contribution in [3.8, 4) is 11.5 Å². The summed E-state index contributed by atoms with van der Waals surface area (Å²) in [6.07, 6.45) is -7.83. The Hall–Kier alpha value is -3.22. The fourth-order valence-electron chi connectivity index (χ4n) is 2.76. The van der Waals surface area contributed by atoms with Crippen LogP contribution < -0.4 is 14.2 Å². The Morgan fingerprint density at radius 1 is 1.00 bits per heavy atom. The van der Waals surface area contributed by atoms with Gasteiger partial charge >= 0.3 is 12.4 Å². The van der Waals surface area contributed by atoms with Gasteiger partial charge < -0.3 is 9.47 Å². The second kappa shape index (κ2) is 9.95. The first-order chi connectivity index (χ1) is 15.5. The predicted molar refractivity (Wildman–Crippen MR) is 110 cm³/mol. The smallest absolute Gasteiger partial charge is 0.416 e. The van der Waals surface area contributed by atoms with Gasteiger partial charge in [0, 0.05) is 11.1 Å². The number of hydrogen-bond donors (Lipinski definition) is 1. The second-order valence-corrected chi connectivity index (χ2v) is 8.85. The van der Waals surface area contributed by atoms with Gasteiger partial charge in [0.15, 0.2) is 11.5 Å². The summed E-state index contributed by atoms with van der Waals surface area (Å²) in [4.78, 5) is 11.9. The molecule has 6 nitrogen and oxygen atoms in total. The second-order valence-electron chi connectivity index (χ2n) is 7.10. The number of carbonyl (C=O) groups excluding carboxylic acids is 1. The van der Waals surface area contributed by atoms with Crippen LogP contribution in [0.3, 0.4) is 0 Å². The topological polar surface area (TPSA) is 81.7 Å². The molecule has 0 fully saturated rings. The summed E-state index contributed by atoms with van der Waals surface area (Å²) >= 11 is 0. The van der Waals surface area contributed by atoms with Crippen LogP contribution in [0.5, 0.6) is 11.5 Å². The van der Waals surface area contributed by atoms with Gasteiger partial charge in [0.1, 0.15) is 6.61 Å². The van der Waals surface area contributed by atoms with Crippen molar-refractivity contribution in [1.82, 2.24) is 4.72 Å². The molecule has 0 unspecified atom stereocenters. The van der Waals surface area contributed by atoms with E-state index in [1.807, 2.05) is 0 Å². The molecular weight excluding hydrogens is 492 g/mol. The summed E-state index contributed by atoms with van der Waals surface area (Å²) < 4.78 is 113. The van der Waals surface area contributed by atoms with E-state index in [0.29, 0.717) is 17.7 Å². The molecule has 0 aliphatic carbocycles. The number of carbonyl (C=O) groups is 1. The number of alkyl halides is 6. The van der Waals surface area contributed by atoms with Gasteiger partial charge in [-0.1, -0.05) is 12.1 Å².